The molecule has 2 aromatic rings. The van der Waals surface area contributed by atoms with E-state index in [0.717, 1.165) is 29.5 Å². The summed E-state index contributed by atoms with van der Waals surface area (Å²) in [5, 5.41) is 8.56. The number of nitrogens with one attached hydrogen (secondary N) is 2. The van der Waals surface area contributed by atoms with Crippen LogP contribution in [0.25, 0.3) is 0 Å². The third-order valence-corrected chi connectivity index (χ3v) is 5.71. The first-order valence-electron chi connectivity index (χ1n) is 8.39. The third kappa shape index (κ3) is 5.06. The zero-order valence-electron chi connectivity index (χ0n) is 14.7. The maximum absolute atomic E-state index is 11.9. The standard InChI is InChI=1S/C19H23BrN2O2S/c1-19(2,3)24-18(23)22-14-5-6-16-12(8-14)4-7-17(16)21-10-15-9-13(20)11-25-15/h5-6,8-9,11,17,21H,4,7,10H2,1-3H3,(H,22,23). The van der Waals surface area contributed by atoms with Crippen molar-refractivity contribution in [3.05, 3.63) is 50.1 Å². The summed E-state index contributed by atoms with van der Waals surface area (Å²) in [6.45, 7) is 6.45. The molecule has 1 aliphatic rings. The quantitative estimate of drug-likeness (QED) is 0.670. The van der Waals surface area contributed by atoms with Crippen LogP contribution in [0.5, 0.6) is 0 Å². The average molecular weight is 423 g/mol. The van der Waals surface area contributed by atoms with Gasteiger partial charge in [0.2, 0.25) is 0 Å². The Morgan fingerprint density at radius 2 is 2.16 bits per heavy atom. The number of fused-ring (bicyclic) bond motifs is 1. The van der Waals surface area contributed by atoms with Crippen molar-refractivity contribution in [3.63, 3.8) is 0 Å². The number of anilines is 1. The summed E-state index contributed by atoms with van der Waals surface area (Å²) in [6, 6.07) is 8.64. The lowest BCUT2D eigenvalue weighted by molar-refractivity contribution is 0.0636. The lowest BCUT2D eigenvalue weighted by atomic mass is 10.1. The predicted octanol–water partition coefficient (Wildman–Crippen LogP) is 5.63. The van der Waals surface area contributed by atoms with Crippen molar-refractivity contribution in [2.24, 2.45) is 0 Å². The number of carbonyl (C=O) groups excluding carboxylic acids is 1. The van der Waals surface area contributed by atoms with Crippen molar-refractivity contribution in [1.82, 2.24) is 5.32 Å². The molecule has 0 spiro atoms. The molecule has 1 aromatic heterocycles. The van der Waals surface area contributed by atoms with Crippen LogP contribution in [0.3, 0.4) is 0 Å². The summed E-state index contributed by atoms with van der Waals surface area (Å²) < 4.78 is 6.44. The highest BCUT2D eigenvalue weighted by molar-refractivity contribution is 9.10. The van der Waals surface area contributed by atoms with Gasteiger partial charge in [0.15, 0.2) is 0 Å². The molecule has 0 fully saturated rings. The summed E-state index contributed by atoms with van der Waals surface area (Å²) in [7, 11) is 0. The zero-order chi connectivity index (χ0) is 18.0. The second-order valence-electron chi connectivity index (χ2n) is 7.24. The fourth-order valence-corrected chi connectivity index (χ4v) is 4.40. The molecule has 25 heavy (non-hydrogen) atoms. The molecule has 0 radical (unpaired) electrons. The molecule has 0 aliphatic heterocycles. The molecule has 1 heterocycles. The Bertz CT molecular complexity index is 767. The monoisotopic (exact) mass is 422 g/mol. The second kappa shape index (κ2) is 7.48. The van der Waals surface area contributed by atoms with Crippen LogP contribution in [-0.2, 0) is 17.7 Å². The molecule has 3 rings (SSSR count). The molecule has 6 heteroatoms. The fraction of sp³-hybridized carbons (Fsp3) is 0.421. The summed E-state index contributed by atoms with van der Waals surface area (Å²) in [5.74, 6) is 0. The van der Waals surface area contributed by atoms with Gasteiger partial charge in [0, 0.05) is 33.0 Å². The van der Waals surface area contributed by atoms with Gasteiger partial charge < -0.3 is 10.1 Å². The molecule has 4 nitrogen and oxygen atoms in total. The lowest BCUT2D eigenvalue weighted by Crippen LogP contribution is -2.27. The number of carbonyl (C=O) groups is 1. The number of halogens is 1. The normalized spacial score (nSPS) is 16.6. The van der Waals surface area contributed by atoms with Gasteiger partial charge in [-0.05, 0) is 78.9 Å². The maximum atomic E-state index is 11.9. The number of thiophene rings is 1. The van der Waals surface area contributed by atoms with Crippen LogP contribution >= 0.6 is 27.3 Å². The lowest BCUT2D eigenvalue weighted by Gasteiger charge is -2.20. The van der Waals surface area contributed by atoms with E-state index >= 15 is 0 Å². The Hall–Kier alpha value is -1.37. The van der Waals surface area contributed by atoms with Gasteiger partial charge >= 0.3 is 6.09 Å². The van der Waals surface area contributed by atoms with Crippen molar-refractivity contribution in [1.29, 1.82) is 0 Å². The highest BCUT2D eigenvalue weighted by atomic mass is 79.9. The molecule has 1 amide bonds. The molecule has 134 valence electrons. The van der Waals surface area contributed by atoms with E-state index < -0.39 is 11.7 Å². The van der Waals surface area contributed by atoms with E-state index in [0.29, 0.717) is 6.04 Å². The Kier molecular flexibility index (Phi) is 5.51. The van der Waals surface area contributed by atoms with Gasteiger partial charge in [-0.3, -0.25) is 5.32 Å². The number of ether oxygens (including phenoxy) is 1. The molecule has 0 bridgehead atoms. The minimum absolute atomic E-state index is 0.367. The van der Waals surface area contributed by atoms with Crippen LogP contribution in [0, 0.1) is 0 Å². The first-order valence-corrected chi connectivity index (χ1v) is 10.1. The third-order valence-electron chi connectivity index (χ3n) is 4.01. The Morgan fingerprint density at radius 1 is 1.36 bits per heavy atom. The van der Waals surface area contributed by atoms with E-state index in [2.05, 4.69) is 50.1 Å². The maximum Gasteiger partial charge on any atom is 0.412 e. The molecule has 1 aliphatic carbocycles. The molecule has 1 atom stereocenters. The Balaban J connectivity index is 1.61. The second-order valence-corrected chi connectivity index (χ2v) is 9.16. The van der Waals surface area contributed by atoms with E-state index in [1.54, 1.807) is 11.3 Å². The van der Waals surface area contributed by atoms with E-state index in [1.165, 1.54) is 16.0 Å². The number of aryl methyl sites for hydroxylation is 1. The van der Waals surface area contributed by atoms with Crippen molar-refractivity contribution in [2.75, 3.05) is 5.32 Å². The summed E-state index contributed by atoms with van der Waals surface area (Å²) in [6.07, 6.45) is 1.69. The zero-order valence-corrected chi connectivity index (χ0v) is 17.1. The molecular weight excluding hydrogens is 400 g/mol. The van der Waals surface area contributed by atoms with Gasteiger partial charge in [0.05, 0.1) is 0 Å². The van der Waals surface area contributed by atoms with E-state index in [9.17, 15) is 4.79 Å². The van der Waals surface area contributed by atoms with Gasteiger partial charge in [-0.1, -0.05) is 6.07 Å². The first kappa shape index (κ1) is 18.4. The van der Waals surface area contributed by atoms with Crippen LogP contribution in [-0.4, -0.2) is 11.7 Å². The average Bonchev–Trinajstić information content (AvgIpc) is 3.09. The fourth-order valence-electron chi connectivity index (χ4n) is 3.00. The SMILES string of the molecule is CC(C)(C)OC(=O)Nc1ccc2c(c1)CCC2NCc1cc(Br)cs1. The Labute approximate surface area is 161 Å². The van der Waals surface area contributed by atoms with E-state index in [4.69, 9.17) is 4.74 Å². The van der Waals surface area contributed by atoms with E-state index in [1.807, 2.05) is 26.8 Å². The van der Waals surface area contributed by atoms with Gasteiger partial charge in [-0.15, -0.1) is 11.3 Å². The van der Waals surface area contributed by atoms with Gasteiger partial charge in [-0.2, -0.15) is 0 Å². The highest BCUT2D eigenvalue weighted by Gasteiger charge is 2.23. The number of hydrogen-bond donors (Lipinski definition) is 2. The van der Waals surface area contributed by atoms with Crippen molar-refractivity contribution >= 4 is 39.0 Å². The molecular formula is C19H23BrN2O2S. The topological polar surface area (TPSA) is 50.4 Å². The van der Waals surface area contributed by atoms with E-state index in [-0.39, 0.29) is 0 Å². The van der Waals surface area contributed by atoms with Gasteiger partial charge in [0.25, 0.3) is 0 Å². The number of hydrogen-bond acceptors (Lipinski definition) is 4. The minimum atomic E-state index is -0.493. The smallest absolute Gasteiger partial charge is 0.412 e. The van der Waals surface area contributed by atoms with Gasteiger partial charge in [-0.25, -0.2) is 4.79 Å². The van der Waals surface area contributed by atoms with Crippen LogP contribution in [0.4, 0.5) is 10.5 Å². The van der Waals surface area contributed by atoms with Crippen molar-refractivity contribution in [3.8, 4) is 0 Å². The number of benzene rings is 1. The van der Waals surface area contributed by atoms with Gasteiger partial charge in [0.1, 0.15) is 5.60 Å². The number of amides is 1. The van der Waals surface area contributed by atoms with Crippen LogP contribution in [0.1, 0.15) is 49.2 Å². The van der Waals surface area contributed by atoms with Crippen LogP contribution < -0.4 is 10.6 Å². The van der Waals surface area contributed by atoms with Crippen LogP contribution in [0.2, 0.25) is 0 Å². The highest BCUT2D eigenvalue weighted by Crippen LogP contribution is 2.33. The molecule has 1 unspecified atom stereocenters. The predicted molar refractivity (Wildman–Crippen MR) is 106 cm³/mol. The molecule has 0 saturated heterocycles. The minimum Gasteiger partial charge on any atom is -0.444 e. The summed E-state index contributed by atoms with van der Waals surface area (Å²) in [5.41, 5.74) is 2.91. The number of rotatable bonds is 4. The van der Waals surface area contributed by atoms with Crippen LogP contribution in [0.15, 0.2) is 34.1 Å². The molecule has 2 N–H and O–H groups in total. The molecule has 1 aromatic carbocycles. The first-order chi connectivity index (χ1) is 11.8. The van der Waals surface area contributed by atoms with Crippen molar-refractivity contribution in [2.45, 2.75) is 51.8 Å². The van der Waals surface area contributed by atoms with Crippen molar-refractivity contribution < 1.29 is 9.53 Å². The Morgan fingerprint density at radius 3 is 2.84 bits per heavy atom. The largest absolute Gasteiger partial charge is 0.444 e. The summed E-state index contributed by atoms with van der Waals surface area (Å²) in [4.78, 5) is 13.2. The summed E-state index contributed by atoms with van der Waals surface area (Å²) >= 11 is 5.25. The molecule has 0 saturated carbocycles.